The van der Waals surface area contributed by atoms with Crippen LogP contribution in [0.3, 0.4) is 0 Å². The summed E-state index contributed by atoms with van der Waals surface area (Å²) in [6.07, 6.45) is 3.89. The van der Waals surface area contributed by atoms with Crippen molar-refractivity contribution in [2.24, 2.45) is 5.41 Å². The number of amides is 1. The van der Waals surface area contributed by atoms with E-state index in [-0.39, 0.29) is 12.5 Å². The molecule has 1 amide bonds. The van der Waals surface area contributed by atoms with Gasteiger partial charge in [0.15, 0.2) is 0 Å². The third kappa shape index (κ3) is 3.30. The Bertz CT molecular complexity index is 720. The number of benzene rings is 1. The van der Waals surface area contributed by atoms with Crippen LogP contribution in [0.25, 0.3) is 5.69 Å². The van der Waals surface area contributed by atoms with Crippen LogP contribution in [0.2, 0.25) is 0 Å². The standard InChI is InChI=1S/C17H19N3O4/c21-15(18-12-17(16(22)23)6-8-24-9-7-17)13-10-19-20(11-13)14-4-2-1-3-5-14/h1-5,10-11H,6-9,12H2,(H,18,21)(H,22,23). The fourth-order valence-corrected chi connectivity index (χ4v) is 2.74. The van der Waals surface area contributed by atoms with Gasteiger partial charge in [-0.25, -0.2) is 4.68 Å². The molecule has 1 aromatic carbocycles. The van der Waals surface area contributed by atoms with Gasteiger partial charge in [-0.3, -0.25) is 9.59 Å². The van der Waals surface area contributed by atoms with E-state index in [0.717, 1.165) is 5.69 Å². The van der Waals surface area contributed by atoms with E-state index >= 15 is 0 Å². The zero-order valence-corrected chi connectivity index (χ0v) is 13.1. The number of carboxylic acids is 1. The predicted octanol–water partition coefficient (Wildman–Crippen LogP) is 1.48. The summed E-state index contributed by atoms with van der Waals surface area (Å²) >= 11 is 0. The molecule has 0 spiro atoms. The molecular formula is C17H19N3O4. The molecule has 1 saturated heterocycles. The van der Waals surface area contributed by atoms with Gasteiger partial charge in [0.2, 0.25) is 0 Å². The molecular weight excluding hydrogens is 310 g/mol. The van der Waals surface area contributed by atoms with E-state index in [0.29, 0.717) is 31.6 Å². The van der Waals surface area contributed by atoms with Gasteiger partial charge in [-0.15, -0.1) is 0 Å². The first-order valence-electron chi connectivity index (χ1n) is 7.80. The van der Waals surface area contributed by atoms with Gasteiger partial charge in [0, 0.05) is 26.0 Å². The Kier molecular flexibility index (Phi) is 4.61. The number of carbonyl (C=O) groups excluding carboxylic acids is 1. The minimum Gasteiger partial charge on any atom is -0.481 e. The Morgan fingerprint density at radius 3 is 2.62 bits per heavy atom. The van der Waals surface area contributed by atoms with Crippen molar-refractivity contribution in [3.63, 3.8) is 0 Å². The molecule has 1 fully saturated rings. The van der Waals surface area contributed by atoms with E-state index in [1.54, 1.807) is 10.9 Å². The maximum Gasteiger partial charge on any atom is 0.311 e. The quantitative estimate of drug-likeness (QED) is 0.867. The van der Waals surface area contributed by atoms with Crippen molar-refractivity contribution in [3.8, 4) is 5.69 Å². The lowest BCUT2D eigenvalue weighted by Gasteiger charge is -2.33. The van der Waals surface area contributed by atoms with Crippen molar-refractivity contribution in [1.29, 1.82) is 0 Å². The number of carboxylic acid groups (broad SMARTS) is 1. The number of ether oxygens (including phenoxy) is 1. The van der Waals surface area contributed by atoms with Gasteiger partial charge in [0.05, 0.1) is 22.9 Å². The first-order chi connectivity index (χ1) is 11.6. The average molecular weight is 329 g/mol. The molecule has 126 valence electrons. The number of aliphatic carboxylic acids is 1. The summed E-state index contributed by atoms with van der Waals surface area (Å²) in [4.78, 5) is 23.9. The first-order valence-corrected chi connectivity index (χ1v) is 7.80. The molecule has 1 aromatic heterocycles. The van der Waals surface area contributed by atoms with E-state index in [1.807, 2.05) is 30.3 Å². The molecule has 0 unspecified atom stereocenters. The summed E-state index contributed by atoms with van der Waals surface area (Å²) in [5.74, 6) is -1.23. The van der Waals surface area contributed by atoms with E-state index < -0.39 is 11.4 Å². The minimum atomic E-state index is -0.955. The summed E-state index contributed by atoms with van der Waals surface area (Å²) in [5.41, 5.74) is 0.290. The third-order valence-electron chi connectivity index (χ3n) is 4.36. The van der Waals surface area contributed by atoms with Gasteiger partial charge < -0.3 is 15.2 Å². The molecule has 0 radical (unpaired) electrons. The van der Waals surface area contributed by atoms with E-state index in [2.05, 4.69) is 10.4 Å². The maximum atomic E-state index is 12.3. The molecule has 2 aromatic rings. The topological polar surface area (TPSA) is 93.5 Å². The smallest absolute Gasteiger partial charge is 0.311 e. The Hall–Kier alpha value is -2.67. The van der Waals surface area contributed by atoms with Crippen LogP contribution in [0.15, 0.2) is 42.7 Å². The Morgan fingerprint density at radius 2 is 1.96 bits per heavy atom. The predicted molar refractivity (Wildman–Crippen MR) is 86.0 cm³/mol. The molecule has 0 aliphatic carbocycles. The summed E-state index contributed by atoms with van der Waals surface area (Å²) < 4.78 is 6.84. The van der Waals surface area contributed by atoms with Gasteiger partial charge in [-0.05, 0) is 25.0 Å². The van der Waals surface area contributed by atoms with Gasteiger partial charge in [-0.1, -0.05) is 18.2 Å². The van der Waals surface area contributed by atoms with Crippen LogP contribution < -0.4 is 5.32 Å². The molecule has 2 N–H and O–H groups in total. The molecule has 0 saturated carbocycles. The largest absolute Gasteiger partial charge is 0.481 e. The lowest BCUT2D eigenvalue weighted by Crippen LogP contribution is -2.46. The van der Waals surface area contributed by atoms with E-state index in [1.165, 1.54) is 6.20 Å². The first kappa shape index (κ1) is 16.2. The van der Waals surface area contributed by atoms with Gasteiger partial charge in [0.25, 0.3) is 5.91 Å². The van der Waals surface area contributed by atoms with Gasteiger partial charge >= 0.3 is 5.97 Å². The number of hydrogen-bond acceptors (Lipinski definition) is 4. The third-order valence-corrected chi connectivity index (χ3v) is 4.36. The second-order valence-electron chi connectivity index (χ2n) is 5.89. The summed E-state index contributed by atoms with van der Waals surface area (Å²) in [6, 6.07) is 9.45. The van der Waals surface area contributed by atoms with Crippen LogP contribution in [0.1, 0.15) is 23.2 Å². The highest BCUT2D eigenvalue weighted by Crippen LogP contribution is 2.30. The zero-order valence-electron chi connectivity index (χ0n) is 13.1. The summed E-state index contributed by atoms with van der Waals surface area (Å²) in [7, 11) is 0. The monoisotopic (exact) mass is 329 g/mol. The van der Waals surface area contributed by atoms with Crippen LogP contribution in [0, 0.1) is 5.41 Å². The molecule has 1 aliphatic rings. The van der Waals surface area contributed by atoms with Crippen LogP contribution >= 0.6 is 0 Å². The highest BCUT2D eigenvalue weighted by molar-refractivity contribution is 5.94. The maximum absolute atomic E-state index is 12.3. The highest BCUT2D eigenvalue weighted by Gasteiger charge is 2.40. The van der Waals surface area contributed by atoms with E-state index in [4.69, 9.17) is 4.74 Å². The minimum absolute atomic E-state index is 0.0844. The zero-order chi connectivity index (χ0) is 17.0. The van der Waals surface area contributed by atoms with Crippen LogP contribution in [-0.2, 0) is 9.53 Å². The number of hydrogen-bond donors (Lipinski definition) is 2. The SMILES string of the molecule is O=C(NCC1(C(=O)O)CCOCC1)c1cnn(-c2ccccc2)c1. The molecule has 0 atom stereocenters. The fraction of sp³-hybridized carbons (Fsp3) is 0.353. The molecule has 7 nitrogen and oxygen atoms in total. The number of aromatic nitrogens is 2. The molecule has 7 heteroatoms. The molecule has 2 heterocycles. The van der Waals surface area contributed by atoms with Gasteiger partial charge in [0.1, 0.15) is 0 Å². The number of para-hydroxylation sites is 1. The van der Waals surface area contributed by atoms with Crippen molar-refractivity contribution in [2.45, 2.75) is 12.8 Å². The molecule has 1 aliphatic heterocycles. The lowest BCUT2D eigenvalue weighted by molar-refractivity contribution is -0.154. The van der Waals surface area contributed by atoms with Crippen molar-refractivity contribution in [3.05, 3.63) is 48.3 Å². The Balaban J connectivity index is 1.67. The fourth-order valence-electron chi connectivity index (χ4n) is 2.74. The van der Waals surface area contributed by atoms with Crippen molar-refractivity contribution >= 4 is 11.9 Å². The number of rotatable bonds is 5. The van der Waals surface area contributed by atoms with Crippen LogP contribution in [0.5, 0.6) is 0 Å². The normalized spacial score (nSPS) is 16.5. The van der Waals surface area contributed by atoms with Crippen molar-refractivity contribution in [2.75, 3.05) is 19.8 Å². The number of nitrogens with zero attached hydrogens (tertiary/aromatic N) is 2. The molecule has 0 bridgehead atoms. The Labute approximate surface area is 139 Å². The average Bonchev–Trinajstić information content (AvgIpc) is 3.11. The Morgan fingerprint density at radius 1 is 1.25 bits per heavy atom. The number of nitrogens with one attached hydrogen (secondary N) is 1. The second kappa shape index (κ2) is 6.84. The van der Waals surface area contributed by atoms with Crippen molar-refractivity contribution < 1.29 is 19.4 Å². The number of carbonyl (C=O) groups is 2. The van der Waals surface area contributed by atoms with Gasteiger partial charge in [-0.2, -0.15) is 5.10 Å². The summed E-state index contributed by atoms with van der Waals surface area (Å²) in [5, 5.41) is 16.4. The molecule has 24 heavy (non-hydrogen) atoms. The summed E-state index contributed by atoms with van der Waals surface area (Å²) in [6.45, 7) is 0.878. The van der Waals surface area contributed by atoms with E-state index in [9.17, 15) is 14.7 Å². The molecule has 3 rings (SSSR count). The lowest BCUT2D eigenvalue weighted by atomic mass is 9.80. The van der Waals surface area contributed by atoms with Crippen LogP contribution in [0.4, 0.5) is 0 Å². The second-order valence-corrected chi connectivity index (χ2v) is 5.89. The van der Waals surface area contributed by atoms with Crippen LogP contribution in [-0.4, -0.2) is 46.5 Å². The van der Waals surface area contributed by atoms with Crippen molar-refractivity contribution in [1.82, 2.24) is 15.1 Å². The highest BCUT2D eigenvalue weighted by atomic mass is 16.5.